The molecule has 1 saturated heterocycles. The van der Waals surface area contributed by atoms with Crippen LogP contribution in [0.4, 0.5) is 17.1 Å². The van der Waals surface area contributed by atoms with Crippen molar-refractivity contribution in [3.8, 4) is 0 Å². The van der Waals surface area contributed by atoms with Gasteiger partial charge in [-0.05, 0) is 101 Å². The van der Waals surface area contributed by atoms with Crippen molar-refractivity contribution in [2.24, 2.45) is 0 Å². The minimum atomic E-state index is 0.000717. The van der Waals surface area contributed by atoms with Crippen LogP contribution in [0.1, 0.15) is 61.1 Å². The zero-order valence-corrected chi connectivity index (χ0v) is 26.5. The van der Waals surface area contributed by atoms with Crippen molar-refractivity contribution >= 4 is 38.8 Å². The lowest BCUT2D eigenvalue weighted by Crippen LogP contribution is -2.82. The Hall–Kier alpha value is -2.83. The molecule has 1 heterocycles. The third-order valence-electron chi connectivity index (χ3n) is 8.62. The van der Waals surface area contributed by atoms with Crippen LogP contribution in [-0.4, -0.2) is 57.6 Å². The molecule has 3 aromatic carbocycles. The third-order valence-corrected chi connectivity index (χ3v) is 8.62. The highest BCUT2D eigenvalue weighted by molar-refractivity contribution is 6.98. The predicted octanol–water partition coefficient (Wildman–Crippen LogP) is 6.56. The number of aryl methyl sites for hydroxylation is 6. The van der Waals surface area contributed by atoms with Crippen molar-refractivity contribution in [3.63, 3.8) is 0 Å². The average molecular weight is 534 g/mol. The van der Waals surface area contributed by atoms with Crippen molar-refractivity contribution < 1.29 is 0 Å². The number of para-hydroxylation sites is 3. The summed E-state index contributed by atoms with van der Waals surface area (Å²) in [6, 6.07) is 20.1. The Labute approximate surface area is 245 Å². The Morgan fingerprint density at radius 3 is 1.05 bits per heavy atom. The maximum atomic E-state index is 2.71. The molecule has 1 fully saturated rings. The molecule has 3 aromatic rings. The van der Waals surface area contributed by atoms with E-state index in [4.69, 9.17) is 0 Å². The molecule has 0 N–H and O–H groups in total. The summed E-state index contributed by atoms with van der Waals surface area (Å²) in [4.78, 5) is 5.21. The second-order valence-corrected chi connectivity index (χ2v) is 11.2. The van der Waals surface area contributed by atoms with Crippen molar-refractivity contribution in [1.29, 1.82) is 0 Å². The SMILES string of the molecule is CCN(CC)B1N(c2c(C)cccc2C)[B]N(c2c(C)cccc2C)B(N(CC)CC)N1c1c(C)cccc1C. The van der Waals surface area contributed by atoms with Crippen LogP contribution >= 0.6 is 0 Å². The highest BCUT2D eigenvalue weighted by Gasteiger charge is 2.54. The second-order valence-electron chi connectivity index (χ2n) is 11.2. The smallest absolute Gasteiger partial charge is 0.412 e. The maximum Gasteiger partial charge on any atom is 0.448 e. The Morgan fingerprint density at radius 1 is 0.500 bits per heavy atom. The molecule has 8 heteroatoms. The molecule has 209 valence electrons. The van der Waals surface area contributed by atoms with E-state index in [0.29, 0.717) is 0 Å². The summed E-state index contributed by atoms with van der Waals surface area (Å²) in [5.41, 5.74) is 11.6. The molecule has 4 rings (SSSR count). The first-order chi connectivity index (χ1) is 19.2. The van der Waals surface area contributed by atoms with Crippen molar-refractivity contribution in [3.05, 3.63) is 88.0 Å². The van der Waals surface area contributed by atoms with Crippen LogP contribution in [0.2, 0.25) is 0 Å². The summed E-state index contributed by atoms with van der Waals surface area (Å²) >= 11 is 0. The van der Waals surface area contributed by atoms with E-state index in [1.165, 1.54) is 50.4 Å². The minimum Gasteiger partial charge on any atom is -0.412 e. The van der Waals surface area contributed by atoms with Gasteiger partial charge in [-0.3, -0.25) is 0 Å². The lowest BCUT2D eigenvalue weighted by molar-refractivity contribution is 0.461. The van der Waals surface area contributed by atoms with Crippen molar-refractivity contribution in [2.45, 2.75) is 69.2 Å². The van der Waals surface area contributed by atoms with Crippen LogP contribution in [0.5, 0.6) is 0 Å². The van der Waals surface area contributed by atoms with Gasteiger partial charge in [0.05, 0.1) is 0 Å². The molecule has 1 aliphatic heterocycles. The van der Waals surface area contributed by atoms with Gasteiger partial charge in [0, 0.05) is 17.1 Å². The number of anilines is 3. The van der Waals surface area contributed by atoms with Crippen molar-refractivity contribution in [2.75, 3.05) is 40.3 Å². The summed E-state index contributed by atoms with van der Waals surface area (Å²) in [6.07, 6.45) is 0. The summed E-state index contributed by atoms with van der Waals surface area (Å²) in [5, 5.41) is 0. The molecule has 1 aliphatic rings. The Bertz CT molecular complexity index is 1170. The molecule has 0 aromatic heterocycles. The molecule has 0 aliphatic carbocycles. The maximum absolute atomic E-state index is 2.71. The Morgan fingerprint density at radius 2 is 0.775 bits per heavy atom. The first kappa shape index (κ1) is 30.1. The number of benzene rings is 3. The summed E-state index contributed by atoms with van der Waals surface area (Å²) < 4.78 is 7.81. The van der Waals surface area contributed by atoms with Gasteiger partial charge in [-0.15, -0.1) is 0 Å². The highest BCUT2D eigenvalue weighted by atomic mass is 15.4. The molecule has 0 spiro atoms. The van der Waals surface area contributed by atoms with E-state index >= 15 is 0 Å². The lowest BCUT2D eigenvalue weighted by atomic mass is 9.56. The molecule has 40 heavy (non-hydrogen) atoms. The van der Waals surface area contributed by atoms with Crippen molar-refractivity contribution in [1.82, 2.24) is 9.62 Å². The van der Waals surface area contributed by atoms with Crippen LogP contribution in [0, 0.1) is 41.5 Å². The zero-order valence-electron chi connectivity index (χ0n) is 26.5. The fraction of sp³-hybridized carbons (Fsp3) is 0.438. The summed E-state index contributed by atoms with van der Waals surface area (Å²) in [5.74, 6) is 0. The van der Waals surface area contributed by atoms with E-state index < -0.39 is 0 Å². The van der Waals surface area contributed by atoms with Crippen LogP contribution in [0.3, 0.4) is 0 Å². The van der Waals surface area contributed by atoms with Crippen LogP contribution in [-0.2, 0) is 0 Å². The largest absolute Gasteiger partial charge is 0.448 e. The third kappa shape index (κ3) is 5.41. The van der Waals surface area contributed by atoms with E-state index in [-0.39, 0.29) is 14.2 Å². The summed E-state index contributed by atoms with van der Waals surface area (Å²) in [6.45, 7) is 26.5. The number of rotatable bonds is 9. The van der Waals surface area contributed by atoms with Gasteiger partial charge in [-0.25, -0.2) is 0 Å². The highest BCUT2D eigenvalue weighted by Crippen LogP contribution is 2.39. The molecule has 0 atom stereocenters. The molecule has 0 amide bonds. The van der Waals surface area contributed by atoms with E-state index in [1.807, 2.05) is 0 Å². The van der Waals surface area contributed by atoms with Crippen LogP contribution in [0.15, 0.2) is 54.6 Å². The van der Waals surface area contributed by atoms with Crippen LogP contribution < -0.4 is 14.2 Å². The van der Waals surface area contributed by atoms with Gasteiger partial charge in [0.1, 0.15) is 0 Å². The van der Waals surface area contributed by atoms with Gasteiger partial charge in [-0.2, -0.15) is 0 Å². The standard InChI is InChI=1S/C32H47B3N5/c1-11-36(12-2)34-38(30-24(5)18-15-19-25(30)6)33-39(31-26(7)20-16-21-27(31)8)35(37(13-3)14-4)40(34)32-28(9)22-17-23-29(32)10/h15-23H,11-14H2,1-10H3. The number of nitrogens with zero attached hydrogens (tertiary/aromatic N) is 5. The van der Waals surface area contributed by atoms with Gasteiger partial charge in [0.2, 0.25) is 0 Å². The van der Waals surface area contributed by atoms with E-state index in [0.717, 1.165) is 26.2 Å². The van der Waals surface area contributed by atoms with Gasteiger partial charge < -0.3 is 23.8 Å². The topological polar surface area (TPSA) is 16.2 Å². The molecular weight excluding hydrogens is 487 g/mol. The van der Waals surface area contributed by atoms with E-state index in [1.54, 1.807) is 0 Å². The van der Waals surface area contributed by atoms with Gasteiger partial charge in [0.15, 0.2) is 0 Å². The Balaban J connectivity index is 2.13. The van der Waals surface area contributed by atoms with Gasteiger partial charge in [-0.1, -0.05) is 82.3 Å². The molecule has 5 nitrogen and oxygen atoms in total. The fourth-order valence-electron chi connectivity index (χ4n) is 6.66. The van der Waals surface area contributed by atoms with E-state index in [9.17, 15) is 0 Å². The zero-order chi connectivity index (χ0) is 29.1. The minimum absolute atomic E-state index is 0.000717. The van der Waals surface area contributed by atoms with Gasteiger partial charge >= 0.3 is 21.8 Å². The molecular formula is C32H47B3N5. The van der Waals surface area contributed by atoms with Crippen LogP contribution in [0.25, 0.3) is 0 Å². The second kappa shape index (κ2) is 12.8. The number of hydrogen-bond donors (Lipinski definition) is 0. The number of hydrogen-bond acceptors (Lipinski definition) is 5. The predicted molar refractivity (Wildman–Crippen MR) is 178 cm³/mol. The quantitative estimate of drug-likeness (QED) is 0.289. The first-order valence-electron chi connectivity index (χ1n) is 15.1. The monoisotopic (exact) mass is 534 g/mol. The molecule has 0 unspecified atom stereocenters. The first-order valence-corrected chi connectivity index (χ1v) is 15.1. The normalized spacial score (nSPS) is 14.1. The fourth-order valence-corrected chi connectivity index (χ4v) is 6.66. The Kier molecular flexibility index (Phi) is 9.63. The van der Waals surface area contributed by atoms with E-state index in [2.05, 4.69) is 155 Å². The molecule has 0 saturated carbocycles. The molecule has 0 bridgehead atoms. The lowest BCUT2D eigenvalue weighted by Gasteiger charge is -2.57. The van der Waals surface area contributed by atoms with Gasteiger partial charge in [0.25, 0.3) is 0 Å². The average Bonchev–Trinajstić information content (AvgIpc) is 2.91. The summed E-state index contributed by atoms with van der Waals surface area (Å²) in [7, 11) is 2.42. The molecule has 1 radical (unpaired) electrons.